The molecule has 0 unspecified atom stereocenters. The predicted molar refractivity (Wildman–Crippen MR) is 75.5 cm³/mol. The summed E-state index contributed by atoms with van der Waals surface area (Å²) in [6.45, 7) is 4.02. The van der Waals surface area contributed by atoms with Crippen LogP contribution in [0.2, 0.25) is 5.02 Å². The summed E-state index contributed by atoms with van der Waals surface area (Å²) in [5, 5.41) is 3.34. The normalized spacial score (nSPS) is 10.4. The molecule has 18 heavy (non-hydrogen) atoms. The highest BCUT2D eigenvalue weighted by molar-refractivity contribution is 6.30. The molecule has 0 aliphatic carbocycles. The molecule has 0 aromatic heterocycles. The van der Waals surface area contributed by atoms with Gasteiger partial charge in [0.1, 0.15) is 5.75 Å². The van der Waals surface area contributed by atoms with Crippen LogP contribution in [0.25, 0.3) is 0 Å². The molecule has 0 aliphatic rings. The lowest BCUT2D eigenvalue weighted by atomic mass is 10.1. The molecule has 1 aromatic rings. The number of halogens is 2. The van der Waals surface area contributed by atoms with Crippen molar-refractivity contribution in [3.8, 4) is 5.75 Å². The molecule has 0 saturated heterocycles. The molecule has 4 nitrogen and oxygen atoms in total. The van der Waals surface area contributed by atoms with Gasteiger partial charge < -0.3 is 15.8 Å². The topological polar surface area (TPSA) is 64.3 Å². The Bertz CT molecular complexity index is 397. The van der Waals surface area contributed by atoms with Crippen LogP contribution in [0.1, 0.15) is 13.8 Å². The van der Waals surface area contributed by atoms with Crippen LogP contribution in [0, 0.1) is 0 Å². The van der Waals surface area contributed by atoms with E-state index in [1.165, 1.54) is 0 Å². The molecule has 0 fully saturated rings. The van der Waals surface area contributed by atoms with Crippen LogP contribution in [0.5, 0.6) is 5.75 Å². The third-order valence-corrected chi connectivity index (χ3v) is 2.39. The predicted octanol–water partition coefficient (Wildman–Crippen LogP) is 1.99. The molecular formula is C12H18Cl2N2O2. The van der Waals surface area contributed by atoms with Gasteiger partial charge in [-0.2, -0.15) is 0 Å². The first-order valence-electron chi connectivity index (χ1n) is 5.32. The van der Waals surface area contributed by atoms with Gasteiger partial charge in [0.25, 0.3) is 5.91 Å². The van der Waals surface area contributed by atoms with Gasteiger partial charge in [0.05, 0.1) is 0 Å². The number of hydrogen-bond acceptors (Lipinski definition) is 3. The Labute approximate surface area is 118 Å². The van der Waals surface area contributed by atoms with Gasteiger partial charge >= 0.3 is 0 Å². The summed E-state index contributed by atoms with van der Waals surface area (Å²) < 4.78 is 5.30. The summed E-state index contributed by atoms with van der Waals surface area (Å²) in [5.41, 5.74) is 5.09. The highest BCUT2D eigenvalue weighted by Crippen LogP contribution is 2.16. The first-order chi connectivity index (χ1) is 7.93. The maximum Gasteiger partial charge on any atom is 0.258 e. The number of nitrogens with one attached hydrogen (secondary N) is 1. The van der Waals surface area contributed by atoms with E-state index in [0.29, 0.717) is 17.3 Å². The Morgan fingerprint density at radius 1 is 1.50 bits per heavy atom. The van der Waals surface area contributed by atoms with Crippen molar-refractivity contribution in [3.63, 3.8) is 0 Å². The van der Waals surface area contributed by atoms with Crippen molar-refractivity contribution >= 4 is 29.9 Å². The van der Waals surface area contributed by atoms with E-state index in [2.05, 4.69) is 5.32 Å². The molecule has 102 valence electrons. The Hall–Kier alpha value is -0.970. The molecular weight excluding hydrogens is 275 g/mol. The second kappa shape index (κ2) is 7.46. The molecule has 0 saturated carbocycles. The smallest absolute Gasteiger partial charge is 0.258 e. The zero-order valence-electron chi connectivity index (χ0n) is 10.4. The van der Waals surface area contributed by atoms with Crippen LogP contribution in [0.4, 0.5) is 0 Å². The molecule has 0 heterocycles. The molecule has 1 aromatic carbocycles. The SMILES string of the molecule is CC(C)(CN)NC(=O)COc1cccc(Cl)c1.Cl. The number of benzene rings is 1. The van der Waals surface area contributed by atoms with Gasteiger partial charge in [0, 0.05) is 17.1 Å². The van der Waals surface area contributed by atoms with E-state index >= 15 is 0 Å². The van der Waals surface area contributed by atoms with Gasteiger partial charge in [-0.25, -0.2) is 0 Å². The third-order valence-electron chi connectivity index (χ3n) is 2.15. The first kappa shape index (κ1) is 17.0. The van der Waals surface area contributed by atoms with Crippen molar-refractivity contribution in [2.45, 2.75) is 19.4 Å². The van der Waals surface area contributed by atoms with Gasteiger partial charge in [-0.05, 0) is 32.0 Å². The fourth-order valence-corrected chi connectivity index (χ4v) is 1.35. The summed E-state index contributed by atoms with van der Waals surface area (Å²) in [4.78, 5) is 11.6. The van der Waals surface area contributed by atoms with Gasteiger partial charge in [-0.1, -0.05) is 17.7 Å². The second-order valence-corrected chi connectivity index (χ2v) is 4.82. The average molecular weight is 293 g/mol. The minimum absolute atomic E-state index is 0. The maximum absolute atomic E-state index is 11.6. The molecule has 1 rings (SSSR count). The molecule has 0 spiro atoms. The van der Waals surface area contributed by atoms with Crippen molar-refractivity contribution in [3.05, 3.63) is 29.3 Å². The van der Waals surface area contributed by atoms with E-state index in [-0.39, 0.29) is 24.9 Å². The van der Waals surface area contributed by atoms with Crippen LogP contribution >= 0.6 is 24.0 Å². The van der Waals surface area contributed by atoms with E-state index in [1.54, 1.807) is 24.3 Å². The van der Waals surface area contributed by atoms with E-state index in [1.807, 2.05) is 13.8 Å². The van der Waals surface area contributed by atoms with Crippen LogP contribution in [-0.2, 0) is 4.79 Å². The lowest BCUT2D eigenvalue weighted by molar-refractivity contribution is -0.124. The Morgan fingerprint density at radius 3 is 2.72 bits per heavy atom. The number of hydrogen-bond donors (Lipinski definition) is 2. The Kier molecular flexibility index (Phi) is 7.06. The fourth-order valence-electron chi connectivity index (χ4n) is 1.17. The summed E-state index contributed by atoms with van der Waals surface area (Å²) in [6, 6.07) is 6.90. The molecule has 1 amide bonds. The standard InChI is InChI=1S/C12H17ClN2O2.ClH/c1-12(2,8-14)15-11(16)7-17-10-5-3-4-9(13)6-10;/h3-6H,7-8,14H2,1-2H3,(H,15,16);1H. The first-order valence-corrected chi connectivity index (χ1v) is 5.70. The monoisotopic (exact) mass is 292 g/mol. The summed E-state index contributed by atoms with van der Waals surface area (Å²) in [6.07, 6.45) is 0. The van der Waals surface area contributed by atoms with Gasteiger partial charge in [0.15, 0.2) is 6.61 Å². The highest BCUT2D eigenvalue weighted by atomic mass is 35.5. The van der Waals surface area contributed by atoms with Crippen LogP contribution < -0.4 is 15.8 Å². The third kappa shape index (κ3) is 6.10. The quantitative estimate of drug-likeness (QED) is 0.872. The zero-order valence-corrected chi connectivity index (χ0v) is 12.0. The van der Waals surface area contributed by atoms with Crippen molar-refractivity contribution in [2.75, 3.05) is 13.2 Å². The number of amides is 1. The van der Waals surface area contributed by atoms with Gasteiger partial charge in [0.2, 0.25) is 0 Å². The van der Waals surface area contributed by atoms with Crippen molar-refractivity contribution < 1.29 is 9.53 Å². The molecule has 0 aliphatic heterocycles. The van der Waals surface area contributed by atoms with Crippen molar-refractivity contribution in [2.24, 2.45) is 5.73 Å². The minimum atomic E-state index is -0.422. The highest BCUT2D eigenvalue weighted by Gasteiger charge is 2.18. The van der Waals surface area contributed by atoms with E-state index in [0.717, 1.165) is 0 Å². The number of carbonyl (C=O) groups excluding carboxylic acids is 1. The summed E-state index contributed by atoms with van der Waals surface area (Å²) >= 11 is 5.79. The number of rotatable bonds is 5. The number of ether oxygens (including phenoxy) is 1. The van der Waals surface area contributed by atoms with E-state index in [9.17, 15) is 4.79 Å². The summed E-state index contributed by atoms with van der Waals surface area (Å²) in [7, 11) is 0. The molecule has 0 bridgehead atoms. The minimum Gasteiger partial charge on any atom is -0.484 e. The zero-order chi connectivity index (χ0) is 12.9. The molecule has 0 radical (unpaired) electrons. The van der Waals surface area contributed by atoms with Crippen molar-refractivity contribution in [1.82, 2.24) is 5.32 Å². The van der Waals surface area contributed by atoms with E-state index < -0.39 is 5.54 Å². The van der Waals surface area contributed by atoms with E-state index in [4.69, 9.17) is 22.1 Å². The average Bonchev–Trinajstić information content (AvgIpc) is 2.26. The summed E-state index contributed by atoms with van der Waals surface area (Å²) in [5.74, 6) is 0.360. The van der Waals surface area contributed by atoms with Gasteiger partial charge in [-0.15, -0.1) is 12.4 Å². The van der Waals surface area contributed by atoms with Crippen LogP contribution in [0.15, 0.2) is 24.3 Å². The lowest BCUT2D eigenvalue weighted by Gasteiger charge is -2.24. The number of nitrogens with two attached hydrogens (primary N) is 1. The second-order valence-electron chi connectivity index (χ2n) is 4.38. The Morgan fingerprint density at radius 2 is 2.17 bits per heavy atom. The Balaban J connectivity index is 0.00000289. The lowest BCUT2D eigenvalue weighted by Crippen LogP contribution is -2.50. The largest absolute Gasteiger partial charge is 0.484 e. The molecule has 6 heteroatoms. The maximum atomic E-state index is 11.6. The van der Waals surface area contributed by atoms with Crippen LogP contribution in [-0.4, -0.2) is 24.6 Å². The number of carbonyl (C=O) groups is 1. The van der Waals surface area contributed by atoms with Gasteiger partial charge in [-0.3, -0.25) is 4.79 Å². The van der Waals surface area contributed by atoms with Crippen molar-refractivity contribution in [1.29, 1.82) is 0 Å². The molecule has 3 N–H and O–H groups in total. The van der Waals surface area contributed by atoms with Crippen LogP contribution in [0.3, 0.4) is 0 Å². The molecule has 0 atom stereocenters. The fraction of sp³-hybridized carbons (Fsp3) is 0.417.